The number of hydrogen-bond donors (Lipinski definition) is 1. The van der Waals surface area contributed by atoms with E-state index < -0.39 is 0 Å². The van der Waals surface area contributed by atoms with Crippen molar-refractivity contribution in [1.29, 1.82) is 0 Å². The van der Waals surface area contributed by atoms with E-state index in [0.29, 0.717) is 11.8 Å². The average Bonchev–Trinajstić information content (AvgIpc) is 2.47. The highest BCUT2D eigenvalue weighted by Gasteiger charge is 2.34. The topological polar surface area (TPSA) is 26.0 Å². The van der Waals surface area contributed by atoms with E-state index in [0.717, 1.165) is 12.2 Å². The standard InChI is InChI=1S/C21H27NS/c1-14-5-8-16(9-6-14)19-13-23-20-11-15(2)7-10-17(20)18(19)12-21(3,4)22/h5-11,18-19H,12-13,22H2,1-4H3. The Labute approximate surface area is 144 Å². The van der Waals surface area contributed by atoms with Crippen molar-refractivity contribution in [2.24, 2.45) is 5.73 Å². The number of thioether (sulfide) groups is 1. The van der Waals surface area contributed by atoms with Crippen LogP contribution in [0.25, 0.3) is 0 Å². The van der Waals surface area contributed by atoms with Crippen LogP contribution in [0.15, 0.2) is 47.4 Å². The predicted octanol–water partition coefficient (Wildman–Crippen LogP) is 5.40. The number of benzene rings is 2. The third-order valence-electron chi connectivity index (χ3n) is 4.72. The number of hydrogen-bond acceptors (Lipinski definition) is 2. The van der Waals surface area contributed by atoms with E-state index in [1.807, 2.05) is 11.8 Å². The minimum atomic E-state index is -0.155. The van der Waals surface area contributed by atoms with E-state index in [2.05, 4.69) is 70.2 Å². The average molecular weight is 326 g/mol. The normalized spacial score (nSPS) is 21.1. The van der Waals surface area contributed by atoms with Gasteiger partial charge in [0.05, 0.1) is 0 Å². The van der Waals surface area contributed by atoms with Crippen LogP contribution in [0.2, 0.25) is 0 Å². The minimum absolute atomic E-state index is 0.155. The summed E-state index contributed by atoms with van der Waals surface area (Å²) in [5, 5.41) is 0. The second-order valence-electron chi connectivity index (χ2n) is 7.67. The lowest BCUT2D eigenvalue weighted by atomic mass is 9.75. The Bertz CT molecular complexity index is 682. The Morgan fingerprint density at radius 1 is 1.04 bits per heavy atom. The molecule has 0 amide bonds. The SMILES string of the molecule is Cc1ccc(C2CSc3cc(C)ccc3C2CC(C)(C)N)cc1. The van der Waals surface area contributed by atoms with Crippen LogP contribution >= 0.6 is 11.8 Å². The van der Waals surface area contributed by atoms with Crippen molar-refractivity contribution in [3.05, 3.63) is 64.7 Å². The molecule has 0 bridgehead atoms. The minimum Gasteiger partial charge on any atom is -0.326 e. The number of fused-ring (bicyclic) bond motifs is 1. The molecule has 2 heteroatoms. The number of rotatable bonds is 3. The quantitative estimate of drug-likeness (QED) is 0.817. The highest BCUT2D eigenvalue weighted by Crippen LogP contribution is 2.48. The third kappa shape index (κ3) is 3.81. The van der Waals surface area contributed by atoms with Gasteiger partial charge >= 0.3 is 0 Å². The van der Waals surface area contributed by atoms with Gasteiger partial charge in [0.1, 0.15) is 0 Å². The van der Waals surface area contributed by atoms with Crippen LogP contribution in [0, 0.1) is 13.8 Å². The Kier molecular flexibility index (Phi) is 4.57. The first kappa shape index (κ1) is 16.6. The van der Waals surface area contributed by atoms with Gasteiger partial charge in [0, 0.05) is 22.1 Å². The van der Waals surface area contributed by atoms with Crippen molar-refractivity contribution in [3.8, 4) is 0 Å². The first-order valence-electron chi connectivity index (χ1n) is 8.42. The van der Waals surface area contributed by atoms with Crippen molar-refractivity contribution in [3.63, 3.8) is 0 Å². The molecule has 0 spiro atoms. The predicted molar refractivity (Wildman–Crippen MR) is 101 cm³/mol. The van der Waals surface area contributed by atoms with Crippen molar-refractivity contribution in [1.82, 2.24) is 0 Å². The van der Waals surface area contributed by atoms with Crippen LogP contribution in [0.5, 0.6) is 0 Å². The lowest BCUT2D eigenvalue weighted by Gasteiger charge is -2.37. The Morgan fingerprint density at radius 2 is 1.70 bits per heavy atom. The summed E-state index contributed by atoms with van der Waals surface area (Å²) < 4.78 is 0. The molecule has 2 N–H and O–H groups in total. The van der Waals surface area contributed by atoms with Crippen molar-refractivity contribution in [2.45, 2.75) is 56.4 Å². The monoisotopic (exact) mass is 325 g/mol. The summed E-state index contributed by atoms with van der Waals surface area (Å²) in [6.45, 7) is 8.62. The van der Waals surface area contributed by atoms with Crippen molar-refractivity contribution >= 4 is 11.8 Å². The molecule has 3 rings (SSSR count). The van der Waals surface area contributed by atoms with E-state index in [9.17, 15) is 0 Å². The van der Waals surface area contributed by atoms with Crippen LogP contribution in [-0.4, -0.2) is 11.3 Å². The van der Waals surface area contributed by atoms with E-state index >= 15 is 0 Å². The molecule has 0 radical (unpaired) electrons. The van der Waals surface area contributed by atoms with Gasteiger partial charge in [-0.1, -0.05) is 47.5 Å². The lowest BCUT2D eigenvalue weighted by Crippen LogP contribution is -2.36. The zero-order valence-corrected chi connectivity index (χ0v) is 15.4. The van der Waals surface area contributed by atoms with Crippen molar-refractivity contribution < 1.29 is 0 Å². The first-order chi connectivity index (χ1) is 10.8. The van der Waals surface area contributed by atoms with Gasteiger partial charge in [-0.05, 0) is 57.2 Å². The number of aryl methyl sites for hydroxylation is 2. The molecule has 2 unspecified atom stereocenters. The highest BCUT2D eigenvalue weighted by molar-refractivity contribution is 7.99. The number of nitrogens with two attached hydrogens (primary N) is 1. The maximum Gasteiger partial charge on any atom is 0.0110 e. The summed E-state index contributed by atoms with van der Waals surface area (Å²) in [7, 11) is 0. The Hall–Kier alpha value is -1.25. The highest BCUT2D eigenvalue weighted by atomic mass is 32.2. The molecule has 2 aromatic rings. The molecule has 122 valence electrons. The maximum absolute atomic E-state index is 6.41. The molecular formula is C21H27NS. The summed E-state index contributed by atoms with van der Waals surface area (Å²) in [4.78, 5) is 1.45. The molecule has 2 aromatic carbocycles. The van der Waals surface area contributed by atoms with Gasteiger partial charge < -0.3 is 5.73 Å². The Morgan fingerprint density at radius 3 is 2.35 bits per heavy atom. The fourth-order valence-corrected chi connectivity index (χ4v) is 4.99. The molecule has 1 aliphatic rings. The van der Waals surface area contributed by atoms with Crippen LogP contribution in [0.3, 0.4) is 0 Å². The summed E-state index contributed by atoms with van der Waals surface area (Å²) in [5.41, 5.74) is 11.9. The third-order valence-corrected chi connectivity index (χ3v) is 5.91. The fraction of sp³-hybridized carbons (Fsp3) is 0.429. The molecule has 1 nitrogen and oxygen atoms in total. The second kappa shape index (κ2) is 6.33. The summed E-state index contributed by atoms with van der Waals surface area (Å²) >= 11 is 2.00. The van der Waals surface area contributed by atoms with Crippen LogP contribution in [-0.2, 0) is 0 Å². The van der Waals surface area contributed by atoms with Gasteiger partial charge in [-0.3, -0.25) is 0 Å². The molecule has 0 saturated carbocycles. The van der Waals surface area contributed by atoms with E-state index in [1.54, 1.807) is 0 Å². The van der Waals surface area contributed by atoms with Crippen LogP contribution < -0.4 is 5.73 Å². The Balaban J connectivity index is 2.02. The maximum atomic E-state index is 6.41. The van der Waals surface area contributed by atoms with Gasteiger partial charge in [0.15, 0.2) is 0 Å². The van der Waals surface area contributed by atoms with Gasteiger partial charge in [-0.15, -0.1) is 11.8 Å². The molecular weight excluding hydrogens is 298 g/mol. The molecule has 0 aliphatic carbocycles. The molecule has 0 fully saturated rings. The molecule has 1 aliphatic heterocycles. The zero-order chi connectivity index (χ0) is 16.6. The molecule has 23 heavy (non-hydrogen) atoms. The molecule has 2 atom stereocenters. The second-order valence-corrected chi connectivity index (χ2v) is 8.73. The molecule has 0 aromatic heterocycles. The molecule has 1 heterocycles. The van der Waals surface area contributed by atoms with Crippen LogP contribution in [0.1, 0.15) is 54.4 Å². The van der Waals surface area contributed by atoms with Crippen LogP contribution in [0.4, 0.5) is 0 Å². The smallest absolute Gasteiger partial charge is 0.0110 e. The fourth-order valence-electron chi connectivity index (χ4n) is 3.55. The molecule has 0 saturated heterocycles. The van der Waals surface area contributed by atoms with Crippen molar-refractivity contribution in [2.75, 3.05) is 5.75 Å². The summed E-state index contributed by atoms with van der Waals surface area (Å²) in [6.07, 6.45) is 1.02. The lowest BCUT2D eigenvalue weighted by molar-refractivity contribution is 0.390. The van der Waals surface area contributed by atoms with E-state index in [4.69, 9.17) is 5.73 Å². The van der Waals surface area contributed by atoms with Gasteiger partial charge in [-0.25, -0.2) is 0 Å². The van der Waals surface area contributed by atoms with Gasteiger partial charge in [0.25, 0.3) is 0 Å². The zero-order valence-electron chi connectivity index (χ0n) is 14.6. The largest absolute Gasteiger partial charge is 0.326 e. The van der Waals surface area contributed by atoms with E-state index in [1.165, 1.54) is 27.1 Å². The first-order valence-corrected chi connectivity index (χ1v) is 9.41. The van der Waals surface area contributed by atoms with E-state index in [-0.39, 0.29) is 5.54 Å². The summed E-state index contributed by atoms with van der Waals surface area (Å²) in [6, 6.07) is 16.0. The van der Waals surface area contributed by atoms with Gasteiger partial charge in [0.2, 0.25) is 0 Å². The van der Waals surface area contributed by atoms with Gasteiger partial charge in [-0.2, -0.15) is 0 Å². The summed E-state index contributed by atoms with van der Waals surface area (Å²) in [5.74, 6) is 2.17.